The smallest absolute Gasteiger partial charge is 0.253 e. The van der Waals surface area contributed by atoms with Crippen LogP contribution >= 0.6 is 0 Å². The number of hydrogen-bond donors (Lipinski definition) is 4. The zero-order chi connectivity index (χ0) is 39.0. The molecule has 1 heterocycles. The number of likely N-dealkylation sites (N-methyl/N-ethyl adjacent to an activating group) is 1. The fraction of sp³-hybridized carbons (Fsp3) is 0.667. The van der Waals surface area contributed by atoms with Crippen molar-refractivity contribution in [3.8, 4) is 16.9 Å². The predicted molar refractivity (Wildman–Crippen MR) is 210 cm³/mol. The van der Waals surface area contributed by atoms with Crippen molar-refractivity contribution in [1.29, 1.82) is 0 Å². The standard InChI is InChI=1S/C42H65N5O6/c1-25(2)17-30(22-45(7)8)43-39(50)32-18-27(15-16-33(32)46(9)10)31-14-12-13-28(38(31)52-11)21-47-37(36(26(3)49)34(23-48)53-47)40(51)44-35-19-29-20-42(35,6)24-41(29,4)5/h12-16,18,25-26,29-30,34-37,48-49H,17,19-24H2,1-11H3,(H,43,50)(H,44,51)/t26-,29-,30-,34-,35-,36+,37-,42-/m0/s1. The zero-order valence-electron chi connectivity index (χ0n) is 33.9. The Morgan fingerprint density at radius 2 is 1.81 bits per heavy atom. The number of fused-ring (bicyclic) bond motifs is 2. The van der Waals surface area contributed by atoms with Crippen LogP contribution in [0.3, 0.4) is 0 Å². The molecule has 0 radical (unpaired) electrons. The van der Waals surface area contributed by atoms with Gasteiger partial charge in [-0.2, -0.15) is 5.06 Å². The molecule has 11 nitrogen and oxygen atoms in total. The molecule has 3 aliphatic rings. The molecule has 2 bridgehead atoms. The van der Waals surface area contributed by atoms with Crippen LogP contribution in [0.5, 0.6) is 5.75 Å². The number of carbonyl (C=O) groups excluding carboxylic acids is 2. The van der Waals surface area contributed by atoms with Gasteiger partial charge in [-0.3, -0.25) is 14.4 Å². The number of nitrogens with one attached hydrogen (secondary N) is 2. The van der Waals surface area contributed by atoms with Gasteiger partial charge in [0.15, 0.2) is 0 Å². The van der Waals surface area contributed by atoms with Crippen molar-refractivity contribution in [3.05, 3.63) is 47.5 Å². The quantitative estimate of drug-likeness (QED) is 0.201. The van der Waals surface area contributed by atoms with E-state index < -0.39 is 24.2 Å². The highest BCUT2D eigenvalue weighted by Crippen LogP contribution is 2.62. The third-order valence-electron chi connectivity index (χ3n) is 12.1. The fourth-order valence-electron chi connectivity index (χ4n) is 9.77. The number of aliphatic hydroxyl groups excluding tert-OH is 2. The molecule has 2 saturated carbocycles. The summed E-state index contributed by atoms with van der Waals surface area (Å²) in [6.45, 7) is 13.5. The minimum Gasteiger partial charge on any atom is -0.496 e. The topological polar surface area (TPSA) is 127 Å². The number of benzene rings is 2. The number of methoxy groups -OCH3 is 1. The van der Waals surface area contributed by atoms with Crippen LogP contribution in [0, 0.1) is 28.6 Å². The van der Waals surface area contributed by atoms with Gasteiger partial charge in [0.25, 0.3) is 5.91 Å². The molecule has 2 aromatic carbocycles. The molecular weight excluding hydrogens is 670 g/mol. The van der Waals surface area contributed by atoms with E-state index in [9.17, 15) is 19.8 Å². The van der Waals surface area contributed by atoms with E-state index in [0.29, 0.717) is 23.1 Å². The Morgan fingerprint density at radius 3 is 2.36 bits per heavy atom. The van der Waals surface area contributed by atoms with Gasteiger partial charge >= 0.3 is 0 Å². The van der Waals surface area contributed by atoms with E-state index in [1.807, 2.05) is 69.5 Å². The molecule has 0 spiro atoms. The van der Waals surface area contributed by atoms with E-state index in [-0.39, 0.29) is 47.9 Å². The van der Waals surface area contributed by atoms with Crippen LogP contribution in [0.25, 0.3) is 11.1 Å². The van der Waals surface area contributed by atoms with Gasteiger partial charge in [0.2, 0.25) is 5.91 Å². The Balaban J connectivity index is 1.45. The average molecular weight is 736 g/mol. The molecule has 294 valence electrons. The van der Waals surface area contributed by atoms with Crippen LogP contribution in [-0.4, -0.2) is 111 Å². The Kier molecular flexibility index (Phi) is 12.6. The summed E-state index contributed by atoms with van der Waals surface area (Å²) in [6, 6.07) is 10.9. The second-order valence-corrected chi connectivity index (χ2v) is 17.9. The van der Waals surface area contributed by atoms with Crippen LogP contribution in [0.4, 0.5) is 5.69 Å². The largest absolute Gasteiger partial charge is 0.496 e. The summed E-state index contributed by atoms with van der Waals surface area (Å²) in [4.78, 5) is 38.6. The third kappa shape index (κ3) is 8.70. The summed E-state index contributed by atoms with van der Waals surface area (Å²) < 4.78 is 6.07. The van der Waals surface area contributed by atoms with Crippen LogP contribution < -0.4 is 20.3 Å². The van der Waals surface area contributed by atoms with Crippen molar-refractivity contribution in [1.82, 2.24) is 20.6 Å². The van der Waals surface area contributed by atoms with E-state index in [1.54, 1.807) is 19.1 Å². The lowest BCUT2D eigenvalue weighted by Gasteiger charge is -2.40. The first kappa shape index (κ1) is 41.0. The third-order valence-corrected chi connectivity index (χ3v) is 12.1. The second kappa shape index (κ2) is 16.3. The van der Waals surface area contributed by atoms with Crippen molar-refractivity contribution in [2.24, 2.45) is 28.6 Å². The van der Waals surface area contributed by atoms with Crippen molar-refractivity contribution in [2.75, 3.05) is 53.4 Å². The number of aliphatic hydroxyl groups is 2. The summed E-state index contributed by atoms with van der Waals surface area (Å²) in [5.41, 5.74) is 4.01. The molecule has 0 unspecified atom stereocenters. The Hall–Kier alpha value is -3.22. The maximum absolute atomic E-state index is 14.3. The lowest BCUT2D eigenvalue weighted by atomic mass is 9.70. The number of para-hydroxylation sites is 1. The first-order chi connectivity index (χ1) is 24.9. The highest BCUT2D eigenvalue weighted by atomic mass is 16.7. The Labute approximate surface area is 317 Å². The summed E-state index contributed by atoms with van der Waals surface area (Å²) >= 11 is 0. The van der Waals surface area contributed by atoms with Crippen molar-refractivity contribution >= 4 is 17.5 Å². The normalized spacial score (nSPS) is 27.6. The predicted octanol–water partition coefficient (Wildman–Crippen LogP) is 4.94. The first-order valence-corrected chi connectivity index (χ1v) is 19.3. The lowest BCUT2D eigenvalue weighted by molar-refractivity contribution is -0.182. The number of hydrogen-bond acceptors (Lipinski definition) is 9. The maximum atomic E-state index is 14.3. The first-order valence-electron chi connectivity index (χ1n) is 19.3. The van der Waals surface area contributed by atoms with E-state index in [2.05, 4.69) is 50.2 Å². The molecule has 0 aromatic heterocycles. The van der Waals surface area contributed by atoms with Crippen molar-refractivity contribution in [3.63, 3.8) is 0 Å². The summed E-state index contributed by atoms with van der Waals surface area (Å²) in [6.07, 6.45) is 2.29. The summed E-state index contributed by atoms with van der Waals surface area (Å²) in [5.74, 6) is 0.603. The second-order valence-electron chi connectivity index (χ2n) is 17.9. The minimum absolute atomic E-state index is 0.00799. The number of hydroxylamine groups is 2. The molecule has 2 aromatic rings. The molecule has 11 heteroatoms. The number of rotatable bonds is 15. The molecule has 8 atom stereocenters. The van der Waals surface area contributed by atoms with Crippen molar-refractivity contribution < 1.29 is 29.4 Å². The van der Waals surface area contributed by atoms with E-state index in [0.717, 1.165) is 54.6 Å². The molecule has 53 heavy (non-hydrogen) atoms. The highest BCUT2D eigenvalue weighted by molar-refractivity contribution is 6.01. The monoisotopic (exact) mass is 735 g/mol. The molecule has 2 amide bonds. The average Bonchev–Trinajstić information content (AvgIpc) is 3.68. The van der Waals surface area contributed by atoms with E-state index in [1.165, 1.54) is 0 Å². The fourth-order valence-corrected chi connectivity index (χ4v) is 9.77. The highest BCUT2D eigenvalue weighted by Gasteiger charge is 2.58. The minimum atomic E-state index is -0.895. The molecule has 3 fully saturated rings. The van der Waals surface area contributed by atoms with Gasteiger partial charge in [-0.1, -0.05) is 58.9 Å². The zero-order valence-corrected chi connectivity index (χ0v) is 33.9. The summed E-state index contributed by atoms with van der Waals surface area (Å²) in [5, 5.41) is 29.6. The Morgan fingerprint density at radius 1 is 1.09 bits per heavy atom. The van der Waals surface area contributed by atoms with Gasteiger partial charge in [0, 0.05) is 55.5 Å². The van der Waals surface area contributed by atoms with E-state index in [4.69, 9.17) is 9.57 Å². The van der Waals surface area contributed by atoms with Crippen molar-refractivity contribution in [2.45, 2.75) is 104 Å². The number of carbonyl (C=O) groups is 2. The molecule has 2 aliphatic carbocycles. The molecule has 5 rings (SSSR count). The number of amides is 2. The van der Waals surface area contributed by atoms with Crippen LogP contribution in [0.2, 0.25) is 0 Å². The number of ether oxygens (including phenoxy) is 1. The number of nitrogens with zero attached hydrogens (tertiary/aromatic N) is 3. The van der Waals surface area contributed by atoms with Crippen LogP contribution in [-0.2, 0) is 16.2 Å². The molecule has 1 aliphatic heterocycles. The van der Waals surface area contributed by atoms with Gasteiger partial charge in [-0.15, -0.1) is 0 Å². The van der Waals surface area contributed by atoms with E-state index >= 15 is 0 Å². The van der Waals surface area contributed by atoms with Gasteiger partial charge in [0.05, 0.1) is 31.9 Å². The van der Waals surface area contributed by atoms with Crippen LogP contribution in [0.15, 0.2) is 36.4 Å². The number of anilines is 1. The molecular formula is C42H65N5O6. The maximum Gasteiger partial charge on any atom is 0.253 e. The van der Waals surface area contributed by atoms with Gasteiger partial charge < -0.3 is 35.4 Å². The Bertz CT molecular complexity index is 1600. The molecule has 4 N–H and O–H groups in total. The van der Waals surface area contributed by atoms with Gasteiger partial charge in [-0.25, -0.2) is 0 Å². The molecule has 1 saturated heterocycles. The van der Waals surface area contributed by atoms with Gasteiger partial charge in [0.1, 0.15) is 17.9 Å². The van der Waals surface area contributed by atoms with Gasteiger partial charge in [-0.05, 0) is 87.1 Å². The SMILES string of the molecule is COc1c(CN2O[C@@H](CO)[C@@H]([C@H](C)O)[C@H]2C(=O)N[C@H]2C[C@H]3C[C@@]2(C)CC3(C)C)cccc1-c1ccc(N(C)C)c(C(=O)N[C@@H](CC(C)C)CN(C)C)c1. The lowest BCUT2D eigenvalue weighted by Crippen LogP contribution is -2.54. The summed E-state index contributed by atoms with van der Waals surface area (Å²) in [7, 11) is 9.50. The van der Waals surface area contributed by atoms with Crippen LogP contribution in [0.1, 0.15) is 83.1 Å².